The van der Waals surface area contributed by atoms with Crippen molar-refractivity contribution < 1.29 is 0 Å². The zero-order valence-corrected chi connectivity index (χ0v) is 27.2. The summed E-state index contributed by atoms with van der Waals surface area (Å²) in [5.74, 6) is 0. The first kappa shape index (κ1) is 27.2. The second kappa shape index (κ2) is 10.6. The average molecular weight is 631 g/mol. The van der Waals surface area contributed by atoms with Gasteiger partial charge in [-0.2, -0.15) is 0 Å². The van der Waals surface area contributed by atoms with Crippen LogP contribution in [0.1, 0.15) is 5.56 Å². The van der Waals surface area contributed by atoms with Gasteiger partial charge in [-0.05, 0) is 95.7 Å². The van der Waals surface area contributed by atoms with Crippen molar-refractivity contribution in [3.63, 3.8) is 0 Å². The van der Waals surface area contributed by atoms with Crippen molar-refractivity contribution in [2.24, 2.45) is 0 Å². The summed E-state index contributed by atoms with van der Waals surface area (Å²) >= 11 is 1.87. The molecule has 7 aromatic carbocycles. The van der Waals surface area contributed by atoms with E-state index >= 15 is 0 Å². The van der Waals surface area contributed by atoms with E-state index in [2.05, 4.69) is 180 Å². The van der Waals surface area contributed by atoms with Crippen molar-refractivity contribution >= 4 is 65.0 Å². The third-order valence-corrected chi connectivity index (χ3v) is 11.0. The maximum absolute atomic E-state index is 2.47. The molecule has 0 fully saturated rings. The molecule has 3 heteroatoms. The Morgan fingerprint density at radius 1 is 0.438 bits per heavy atom. The summed E-state index contributed by atoms with van der Waals surface area (Å²) < 4.78 is 6.16. The van der Waals surface area contributed by atoms with Crippen LogP contribution in [0.25, 0.3) is 86.6 Å². The largest absolute Gasteiger partial charge is 0.309 e. The van der Waals surface area contributed by atoms with Crippen molar-refractivity contribution in [1.29, 1.82) is 0 Å². The smallest absolute Gasteiger partial charge is 0.0551 e. The monoisotopic (exact) mass is 630 g/mol. The first-order valence-corrected chi connectivity index (χ1v) is 17.3. The number of aryl methyl sites for hydroxylation is 1. The van der Waals surface area contributed by atoms with Crippen LogP contribution in [0.5, 0.6) is 0 Å². The lowest BCUT2D eigenvalue weighted by atomic mass is 10.0. The fraction of sp³-hybridized carbons (Fsp3) is 0.0222. The molecule has 2 nitrogen and oxygen atoms in total. The summed E-state index contributed by atoms with van der Waals surface area (Å²) in [6.07, 6.45) is 0. The minimum absolute atomic E-state index is 1.18. The summed E-state index contributed by atoms with van der Waals surface area (Å²) in [4.78, 5) is 1.30. The molecule has 0 saturated heterocycles. The van der Waals surface area contributed by atoms with Crippen molar-refractivity contribution in [3.8, 4) is 32.9 Å². The summed E-state index contributed by atoms with van der Waals surface area (Å²) in [6, 6.07) is 59.9. The van der Waals surface area contributed by atoms with E-state index in [1.807, 2.05) is 11.3 Å². The minimum Gasteiger partial charge on any atom is -0.309 e. The van der Waals surface area contributed by atoms with E-state index in [1.54, 1.807) is 0 Å². The number of benzene rings is 7. The zero-order chi connectivity index (χ0) is 31.8. The minimum atomic E-state index is 1.18. The van der Waals surface area contributed by atoms with Gasteiger partial charge in [0.2, 0.25) is 0 Å². The Hall–Kier alpha value is -5.90. The van der Waals surface area contributed by atoms with Crippen molar-refractivity contribution in [1.82, 2.24) is 9.13 Å². The van der Waals surface area contributed by atoms with Crippen molar-refractivity contribution in [2.75, 3.05) is 0 Å². The summed E-state index contributed by atoms with van der Waals surface area (Å²) in [5.41, 5.74) is 12.3. The number of thiophene rings is 1. The molecule has 0 aliphatic carbocycles. The van der Waals surface area contributed by atoms with Crippen LogP contribution in [0, 0.1) is 6.92 Å². The normalized spacial score (nSPS) is 11.9. The van der Waals surface area contributed by atoms with E-state index in [0.717, 1.165) is 0 Å². The van der Waals surface area contributed by atoms with E-state index in [-0.39, 0.29) is 0 Å². The van der Waals surface area contributed by atoms with Gasteiger partial charge in [-0.3, -0.25) is 0 Å². The maximum atomic E-state index is 2.47. The number of hydrogen-bond donors (Lipinski definition) is 0. The molecule has 0 atom stereocenters. The topological polar surface area (TPSA) is 9.86 Å². The first-order valence-electron chi connectivity index (χ1n) is 16.4. The number of nitrogens with zero attached hydrogens (tertiary/aromatic N) is 2. The fourth-order valence-corrected chi connectivity index (χ4v) is 8.87. The second-order valence-corrected chi connectivity index (χ2v) is 13.7. The Bertz CT molecular complexity index is 2810. The van der Waals surface area contributed by atoms with Gasteiger partial charge in [-0.15, -0.1) is 11.3 Å². The molecule has 0 spiro atoms. The van der Waals surface area contributed by atoms with Crippen LogP contribution in [0.3, 0.4) is 0 Å². The molecule has 0 bridgehead atoms. The first-order chi connectivity index (χ1) is 23.7. The number of aromatic nitrogens is 2. The third-order valence-electron chi connectivity index (χ3n) is 9.86. The highest BCUT2D eigenvalue weighted by Gasteiger charge is 2.19. The Morgan fingerprint density at radius 2 is 1.02 bits per heavy atom. The predicted octanol–water partition coefficient (Wildman–Crippen LogP) is 12.7. The van der Waals surface area contributed by atoms with Gasteiger partial charge >= 0.3 is 0 Å². The van der Waals surface area contributed by atoms with Crippen LogP contribution >= 0.6 is 11.3 Å². The molecule has 0 saturated carbocycles. The van der Waals surface area contributed by atoms with Gasteiger partial charge in [0, 0.05) is 42.4 Å². The highest BCUT2D eigenvalue weighted by molar-refractivity contribution is 7.22. The van der Waals surface area contributed by atoms with Crippen LogP contribution in [-0.4, -0.2) is 9.13 Å². The SMILES string of the molecule is Cc1cccc(-n2c3ccccc3c3cc(-c4ccc5c(c4)c4ccccc4n5-c4ccccc4)ccc32)c1-c1cc2ccccc2s1. The quantitative estimate of drug-likeness (QED) is 0.183. The predicted molar refractivity (Wildman–Crippen MR) is 206 cm³/mol. The molecule has 0 aliphatic heterocycles. The third kappa shape index (κ3) is 4.05. The molecule has 10 aromatic rings. The Labute approximate surface area is 282 Å². The van der Waals surface area contributed by atoms with E-state index in [9.17, 15) is 0 Å². The zero-order valence-electron chi connectivity index (χ0n) is 26.4. The molecule has 226 valence electrons. The molecule has 0 radical (unpaired) electrons. The van der Waals surface area contributed by atoms with E-state index in [1.165, 1.54) is 92.2 Å². The van der Waals surface area contributed by atoms with Gasteiger partial charge in [0.15, 0.2) is 0 Å². The molecule has 3 heterocycles. The molecular weight excluding hydrogens is 601 g/mol. The second-order valence-electron chi connectivity index (χ2n) is 12.6. The highest BCUT2D eigenvalue weighted by Crippen LogP contribution is 2.43. The van der Waals surface area contributed by atoms with Gasteiger partial charge in [0.1, 0.15) is 0 Å². The lowest BCUT2D eigenvalue weighted by Gasteiger charge is -2.15. The molecule has 0 unspecified atom stereocenters. The number of rotatable bonds is 4. The van der Waals surface area contributed by atoms with E-state index in [4.69, 9.17) is 0 Å². The van der Waals surface area contributed by atoms with E-state index in [0.29, 0.717) is 0 Å². The lowest BCUT2D eigenvalue weighted by molar-refractivity contribution is 1.17. The van der Waals surface area contributed by atoms with Crippen LogP contribution in [0.4, 0.5) is 0 Å². The standard InChI is InChI=1S/C45H30N2S/c1-29-12-11-20-42(45(29)44-28-32-13-5-10-21-43(32)48-44)47-39-19-9-7-17-35(39)37-27-31(23-25-41(37)47)30-22-24-40-36(26-30)34-16-6-8-18-38(34)46(40)33-14-3-2-4-15-33/h2-28H,1H3. The fourth-order valence-electron chi connectivity index (χ4n) is 7.68. The summed E-state index contributed by atoms with van der Waals surface area (Å²) in [7, 11) is 0. The highest BCUT2D eigenvalue weighted by atomic mass is 32.1. The van der Waals surface area contributed by atoms with Crippen LogP contribution < -0.4 is 0 Å². The molecular formula is C45H30N2S. The number of fused-ring (bicyclic) bond motifs is 7. The van der Waals surface area contributed by atoms with Gasteiger partial charge in [-0.25, -0.2) is 0 Å². The molecule has 0 aliphatic rings. The molecule has 10 rings (SSSR count). The van der Waals surface area contributed by atoms with Crippen LogP contribution in [0.15, 0.2) is 164 Å². The van der Waals surface area contributed by atoms with E-state index < -0.39 is 0 Å². The average Bonchev–Trinajstić information content (AvgIpc) is 3.81. The number of para-hydroxylation sites is 3. The lowest BCUT2D eigenvalue weighted by Crippen LogP contribution is -1.98. The Balaban J connectivity index is 1.18. The van der Waals surface area contributed by atoms with Crippen molar-refractivity contribution in [2.45, 2.75) is 6.92 Å². The van der Waals surface area contributed by atoms with Gasteiger partial charge in [0.05, 0.1) is 27.8 Å². The number of hydrogen-bond acceptors (Lipinski definition) is 1. The molecule has 0 N–H and O–H groups in total. The molecule has 3 aromatic heterocycles. The van der Waals surface area contributed by atoms with Crippen LogP contribution in [0.2, 0.25) is 0 Å². The van der Waals surface area contributed by atoms with Gasteiger partial charge < -0.3 is 9.13 Å². The van der Waals surface area contributed by atoms with Crippen molar-refractivity contribution in [3.05, 3.63) is 169 Å². The molecule has 48 heavy (non-hydrogen) atoms. The van der Waals surface area contributed by atoms with Gasteiger partial charge in [0.25, 0.3) is 0 Å². The maximum Gasteiger partial charge on any atom is 0.0551 e. The van der Waals surface area contributed by atoms with Crippen LogP contribution in [-0.2, 0) is 0 Å². The summed E-state index contributed by atoms with van der Waals surface area (Å²) in [6.45, 7) is 2.24. The van der Waals surface area contributed by atoms with Gasteiger partial charge in [-0.1, -0.05) is 97.1 Å². The summed E-state index contributed by atoms with van der Waals surface area (Å²) in [5, 5.41) is 6.35. The Kier molecular flexibility index (Phi) is 5.99. The Morgan fingerprint density at radius 3 is 1.73 bits per heavy atom. The molecule has 0 amide bonds.